The maximum absolute atomic E-state index is 15.4. The topological polar surface area (TPSA) is 134 Å². The lowest BCUT2D eigenvalue weighted by atomic mass is 9.82. The van der Waals surface area contributed by atoms with E-state index in [1.165, 1.54) is 0 Å². The molecule has 2 heterocycles. The number of methoxy groups -OCH3 is 1. The molecule has 2 aliphatic rings. The molecule has 5 aromatic rings. The van der Waals surface area contributed by atoms with Crippen molar-refractivity contribution in [2.24, 2.45) is 5.92 Å². The van der Waals surface area contributed by atoms with Crippen molar-refractivity contribution in [1.29, 1.82) is 0 Å². The van der Waals surface area contributed by atoms with E-state index in [1.807, 2.05) is 84.9 Å². The molecule has 2 aliphatic heterocycles. The van der Waals surface area contributed by atoms with Gasteiger partial charge >= 0.3 is 0 Å². The minimum Gasteiger partial charge on any atom is -0.497 e. The Morgan fingerprint density at radius 2 is 1.66 bits per heavy atom. The lowest BCUT2D eigenvalue weighted by Crippen LogP contribution is -2.52. The highest BCUT2D eigenvalue weighted by molar-refractivity contribution is 9.10. The molecule has 0 bridgehead atoms. The highest BCUT2D eigenvalue weighted by Gasteiger charge is 2.66. The molecular weight excluding hydrogens is 813 g/mol. The number of aliphatic hydroxyl groups excluding tert-OH is 1. The van der Waals surface area contributed by atoms with E-state index < -0.39 is 19.8 Å². The van der Waals surface area contributed by atoms with Crippen molar-refractivity contribution in [3.63, 3.8) is 0 Å². The molecule has 1 spiro atoms. The Bertz CT molecular complexity index is 2290. The second-order valence-electron chi connectivity index (χ2n) is 15.7. The van der Waals surface area contributed by atoms with Crippen molar-refractivity contribution in [2.75, 3.05) is 36.2 Å². The van der Waals surface area contributed by atoms with Crippen LogP contribution < -0.4 is 25.9 Å². The van der Waals surface area contributed by atoms with E-state index in [4.69, 9.17) is 15.2 Å². The van der Waals surface area contributed by atoms with Gasteiger partial charge in [0.1, 0.15) is 5.75 Å². The third-order valence-electron chi connectivity index (χ3n) is 11.8. The monoisotopic (exact) mass is 860 g/mol. The molecule has 58 heavy (non-hydrogen) atoms. The number of hydrogen-bond donors (Lipinski definition) is 3. The maximum Gasteiger partial charge on any atom is 0.264 e. The van der Waals surface area contributed by atoms with Crippen molar-refractivity contribution < 1.29 is 29.0 Å². The summed E-state index contributed by atoms with van der Waals surface area (Å²) in [6, 6.07) is 37.9. The highest BCUT2D eigenvalue weighted by atomic mass is 79.9. The molecule has 0 saturated carbocycles. The fourth-order valence-electron chi connectivity index (χ4n) is 8.93. The Morgan fingerprint density at radius 3 is 2.34 bits per heavy atom. The van der Waals surface area contributed by atoms with E-state index in [1.54, 1.807) is 41.2 Å². The molecule has 0 unspecified atom stereocenters. The number of nitrogens with two attached hydrogens (primary N) is 1. The Morgan fingerprint density at radius 1 is 0.948 bits per heavy atom. The summed E-state index contributed by atoms with van der Waals surface area (Å²) in [6.07, 6.45) is -0.562. The van der Waals surface area contributed by atoms with Crippen molar-refractivity contribution >= 4 is 64.0 Å². The van der Waals surface area contributed by atoms with Crippen LogP contribution in [0.1, 0.15) is 40.4 Å². The molecule has 10 nitrogen and oxygen atoms in total. The van der Waals surface area contributed by atoms with Gasteiger partial charge in [0.2, 0.25) is 5.91 Å². The number of ether oxygens (including phenoxy) is 2. The molecule has 4 atom stereocenters. The van der Waals surface area contributed by atoms with Gasteiger partial charge in [-0.2, -0.15) is 0 Å². The summed E-state index contributed by atoms with van der Waals surface area (Å²) >= 11 is 3.69. The number of rotatable bonds is 13. The Kier molecular flexibility index (Phi) is 11.9. The largest absolute Gasteiger partial charge is 0.497 e. The fourth-order valence-corrected chi connectivity index (χ4v) is 13.3. The maximum atomic E-state index is 15.4. The first-order valence-corrected chi connectivity index (χ1v) is 23.4. The summed E-state index contributed by atoms with van der Waals surface area (Å²) in [5.74, 6) is -0.187. The van der Waals surface area contributed by atoms with E-state index >= 15 is 4.79 Å². The number of nitrogen functional groups attached to an aromatic ring is 1. The lowest BCUT2D eigenvalue weighted by molar-refractivity contribution is -0.150. The first-order valence-electron chi connectivity index (χ1n) is 19.5. The Balaban J connectivity index is 1.24. The quantitative estimate of drug-likeness (QED) is 0.0827. The molecule has 5 aromatic carbocycles. The van der Waals surface area contributed by atoms with Gasteiger partial charge in [0.05, 0.1) is 46.5 Å². The van der Waals surface area contributed by atoms with Crippen LogP contribution >= 0.6 is 15.9 Å². The number of aliphatic hydroxyl groups is 1. The number of anilines is 3. The number of halogens is 1. The number of benzene rings is 5. The van der Waals surface area contributed by atoms with Crippen LogP contribution in [0.5, 0.6) is 5.75 Å². The van der Waals surface area contributed by atoms with Gasteiger partial charge in [-0.25, -0.2) is 0 Å². The SMILES string of the molecule is COc1ccc([Si](C)(C)[C@H]2[C@H](CC(=O)N(CCO)Cc3ccccc3)O[C@@]3(C(=O)N(Cc4cccc(NC(=O)c5ccc(N)cc5)c4)c4ccc(Br)cc43)[C@@H]2C)cc1. The van der Waals surface area contributed by atoms with E-state index in [9.17, 15) is 14.7 Å². The van der Waals surface area contributed by atoms with Gasteiger partial charge in [-0.1, -0.05) is 95.7 Å². The zero-order chi connectivity index (χ0) is 41.2. The smallest absolute Gasteiger partial charge is 0.264 e. The first-order chi connectivity index (χ1) is 27.8. The van der Waals surface area contributed by atoms with Crippen molar-refractivity contribution in [3.05, 3.63) is 148 Å². The van der Waals surface area contributed by atoms with Crippen molar-refractivity contribution in [1.82, 2.24) is 4.90 Å². The second-order valence-corrected chi connectivity index (χ2v) is 21.3. The predicted octanol–water partition coefficient (Wildman–Crippen LogP) is 7.47. The second kappa shape index (κ2) is 16.9. The number of carbonyl (C=O) groups excluding carboxylic acids is 3. The van der Waals surface area contributed by atoms with Gasteiger partial charge in [-0.15, -0.1) is 0 Å². The number of hydrogen-bond acceptors (Lipinski definition) is 7. The van der Waals surface area contributed by atoms with Crippen LogP contribution in [0.4, 0.5) is 17.1 Å². The molecule has 12 heteroatoms. The van der Waals surface area contributed by atoms with Crippen LogP contribution in [0, 0.1) is 5.92 Å². The zero-order valence-corrected chi connectivity index (χ0v) is 35.7. The molecule has 4 N–H and O–H groups in total. The zero-order valence-electron chi connectivity index (χ0n) is 33.2. The van der Waals surface area contributed by atoms with Crippen LogP contribution in [-0.2, 0) is 33.0 Å². The fraction of sp³-hybridized carbons (Fsp3) is 0.283. The summed E-state index contributed by atoms with van der Waals surface area (Å²) in [4.78, 5) is 46.3. The number of carbonyl (C=O) groups is 3. The molecule has 7 rings (SSSR count). The van der Waals surface area contributed by atoms with E-state index in [0.717, 1.165) is 37.8 Å². The Hall–Kier alpha value is -5.27. The van der Waals surface area contributed by atoms with Crippen LogP contribution in [0.15, 0.2) is 126 Å². The van der Waals surface area contributed by atoms with Crippen molar-refractivity contribution in [3.8, 4) is 5.75 Å². The highest BCUT2D eigenvalue weighted by Crippen LogP contribution is 2.60. The molecular formula is C46H49BrN4O6Si. The number of amides is 3. The van der Waals surface area contributed by atoms with Gasteiger partial charge in [0.15, 0.2) is 5.60 Å². The van der Waals surface area contributed by atoms with Gasteiger partial charge < -0.3 is 35.4 Å². The van der Waals surface area contributed by atoms with Gasteiger partial charge in [-0.05, 0) is 83.4 Å². The number of nitrogens with one attached hydrogen (secondary N) is 1. The third kappa shape index (κ3) is 7.94. The van der Waals surface area contributed by atoms with Crippen LogP contribution in [-0.4, -0.2) is 62.2 Å². The van der Waals surface area contributed by atoms with Crippen LogP contribution in [0.25, 0.3) is 0 Å². The summed E-state index contributed by atoms with van der Waals surface area (Å²) in [6.45, 7) is 7.24. The first kappa shape index (κ1) is 40.9. The van der Waals surface area contributed by atoms with E-state index in [-0.39, 0.29) is 55.3 Å². The van der Waals surface area contributed by atoms with E-state index in [2.05, 4.69) is 53.4 Å². The molecule has 1 saturated heterocycles. The van der Waals surface area contributed by atoms with Crippen LogP contribution in [0.2, 0.25) is 18.6 Å². The molecule has 0 aliphatic carbocycles. The van der Waals surface area contributed by atoms with Crippen molar-refractivity contribution in [2.45, 2.75) is 56.8 Å². The minimum atomic E-state index is -2.54. The summed E-state index contributed by atoms with van der Waals surface area (Å²) in [7, 11) is -0.898. The molecule has 0 aromatic heterocycles. The average molecular weight is 862 g/mol. The molecule has 300 valence electrons. The average Bonchev–Trinajstić information content (AvgIpc) is 3.64. The summed E-state index contributed by atoms with van der Waals surface area (Å²) in [5, 5.41) is 14.2. The third-order valence-corrected chi connectivity index (χ3v) is 16.7. The normalized spacial score (nSPS) is 19.9. The van der Waals surface area contributed by atoms with E-state index in [0.29, 0.717) is 23.5 Å². The standard InChI is InChI=1S/C46H49BrN4O6Si/c1-30-43(58(3,4)38-20-18-37(56-2)19-21-38)41(27-42(53)50(23-24-52)28-31-9-6-5-7-10-31)57-46(30)39-26-34(47)15-22-40(39)51(45(46)55)29-32-11-8-12-36(25-32)49-44(54)33-13-16-35(48)17-14-33/h5-22,25-26,30,41,43,52H,23-24,27-29,48H2,1-4H3,(H,49,54)/t30-,41+,43-,46+/m1/s1. The number of nitrogens with zero attached hydrogens (tertiary/aromatic N) is 2. The van der Waals surface area contributed by atoms with Crippen LogP contribution in [0.3, 0.4) is 0 Å². The lowest BCUT2D eigenvalue weighted by Gasteiger charge is -2.37. The summed E-state index contributed by atoms with van der Waals surface area (Å²) in [5.41, 5.74) is 9.18. The van der Waals surface area contributed by atoms with Gasteiger partial charge in [-0.3, -0.25) is 14.4 Å². The van der Waals surface area contributed by atoms with Gasteiger partial charge in [0.25, 0.3) is 11.8 Å². The molecule has 0 radical (unpaired) electrons. The molecule has 1 fully saturated rings. The number of fused-ring (bicyclic) bond motifs is 2. The minimum absolute atomic E-state index is 0.0442. The molecule has 3 amide bonds. The summed E-state index contributed by atoms with van der Waals surface area (Å²) < 4.78 is 13.6. The predicted molar refractivity (Wildman–Crippen MR) is 234 cm³/mol. The Labute approximate surface area is 349 Å². The van der Waals surface area contributed by atoms with Gasteiger partial charge in [0, 0.05) is 46.0 Å².